The number of hydrogen-bond donors (Lipinski definition) is 1. The van der Waals surface area contributed by atoms with Crippen LogP contribution in [-0.2, 0) is 20.7 Å². The van der Waals surface area contributed by atoms with Crippen LogP contribution in [0.15, 0.2) is 67.0 Å². The highest BCUT2D eigenvalue weighted by molar-refractivity contribution is 6.03. The highest BCUT2D eigenvalue weighted by atomic mass is 16.5. The zero-order chi connectivity index (χ0) is 20.8. The minimum Gasteiger partial charge on any atom is -0.465 e. The van der Waals surface area contributed by atoms with Crippen molar-refractivity contribution in [3.8, 4) is 5.69 Å². The summed E-state index contributed by atoms with van der Waals surface area (Å²) in [5.74, 6) is -1.52. The monoisotopic (exact) mass is 392 g/mol. The second-order valence-corrected chi connectivity index (χ2v) is 6.23. The van der Waals surface area contributed by atoms with Crippen LogP contribution in [0.3, 0.4) is 0 Å². The van der Waals surface area contributed by atoms with Gasteiger partial charge in [0.05, 0.1) is 37.5 Å². The summed E-state index contributed by atoms with van der Waals surface area (Å²) in [5, 5.41) is 2.68. The van der Waals surface area contributed by atoms with Crippen LogP contribution >= 0.6 is 0 Å². The van der Waals surface area contributed by atoms with Crippen molar-refractivity contribution in [2.45, 2.75) is 6.42 Å². The lowest BCUT2D eigenvalue weighted by Crippen LogP contribution is -2.18. The smallest absolute Gasteiger partial charge is 0.339 e. The van der Waals surface area contributed by atoms with Gasteiger partial charge in [0.15, 0.2) is 0 Å². The molecule has 0 unspecified atom stereocenters. The van der Waals surface area contributed by atoms with Gasteiger partial charge in [0.2, 0.25) is 5.91 Å². The summed E-state index contributed by atoms with van der Waals surface area (Å²) < 4.78 is 11.4. The van der Waals surface area contributed by atoms with Crippen molar-refractivity contribution >= 4 is 23.5 Å². The number of benzene rings is 2. The molecule has 0 aliphatic heterocycles. The first kappa shape index (κ1) is 19.9. The van der Waals surface area contributed by atoms with E-state index in [9.17, 15) is 14.4 Å². The summed E-state index contributed by atoms with van der Waals surface area (Å²) >= 11 is 0. The van der Waals surface area contributed by atoms with Gasteiger partial charge in [-0.05, 0) is 48.0 Å². The molecule has 0 saturated carbocycles. The second-order valence-electron chi connectivity index (χ2n) is 6.23. The van der Waals surface area contributed by atoms with Gasteiger partial charge < -0.3 is 19.4 Å². The molecule has 0 fully saturated rings. The van der Waals surface area contributed by atoms with E-state index in [0.29, 0.717) is 0 Å². The average Bonchev–Trinajstić information content (AvgIpc) is 3.28. The van der Waals surface area contributed by atoms with Crippen LogP contribution < -0.4 is 5.32 Å². The van der Waals surface area contributed by atoms with Crippen molar-refractivity contribution in [2.24, 2.45) is 0 Å². The molecular formula is C22H20N2O5. The van der Waals surface area contributed by atoms with E-state index < -0.39 is 11.9 Å². The number of esters is 2. The van der Waals surface area contributed by atoms with E-state index in [2.05, 4.69) is 5.32 Å². The number of nitrogens with zero attached hydrogens (tertiary/aromatic N) is 1. The molecule has 0 aliphatic carbocycles. The summed E-state index contributed by atoms with van der Waals surface area (Å²) in [7, 11) is 2.50. The Labute approximate surface area is 167 Å². The molecule has 7 nitrogen and oxygen atoms in total. The first-order valence-corrected chi connectivity index (χ1v) is 8.84. The topological polar surface area (TPSA) is 86.6 Å². The van der Waals surface area contributed by atoms with Gasteiger partial charge in [-0.3, -0.25) is 4.79 Å². The number of hydrogen-bond acceptors (Lipinski definition) is 5. The summed E-state index contributed by atoms with van der Waals surface area (Å²) in [6.45, 7) is 0. The van der Waals surface area contributed by atoms with E-state index in [1.807, 2.05) is 53.4 Å². The molecular weight excluding hydrogens is 372 g/mol. The molecule has 148 valence electrons. The van der Waals surface area contributed by atoms with Crippen LogP contribution in [0.25, 0.3) is 5.69 Å². The molecule has 2 aromatic carbocycles. The number of rotatable bonds is 6. The van der Waals surface area contributed by atoms with Gasteiger partial charge in [0.25, 0.3) is 0 Å². The third-order valence-electron chi connectivity index (χ3n) is 4.32. The van der Waals surface area contributed by atoms with Crippen molar-refractivity contribution in [3.63, 3.8) is 0 Å². The van der Waals surface area contributed by atoms with Gasteiger partial charge >= 0.3 is 11.9 Å². The highest BCUT2D eigenvalue weighted by Crippen LogP contribution is 2.20. The van der Waals surface area contributed by atoms with Crippen LogP contribution in [0, 0.1) is 0 Å². The average molecular weight is 392 g/mol. The van der Waals surface area contributed by atoms with E-state index in [1.54, 1.807) is 0 Å². The molecule has 1 N–H and O–H groups in total. The van der Waals surface area contributed by atoms with Crippen molar-refractivity contribution in [1.29, 1.82) is 0 Å². The van der Waals surface area contributed by atoms with Crippen molar-refractivity contribution < 1.29 is 23.9 Å². The maximum Gasteiger partial charge on any atom is 0.339 e. The van der Waals surface area contributed by atoms with Gasteiger partial charge in [-0.15, -0.1) is 0 Å². The summed E-state index contributed by atoms with van der Waals surface area (Å²) in [4.78, 5) is 36.3. The fourth-order valence-corrected chi connectivity index (χ4v) is 2.85. The molecule has 0 saturated heterocycles. The Kier molecular flexibility index (Phi) is 6.09. The number of carbonyl (C=O) groups excluding carboxylic acids is 3. The minimum atomic E-state index is -0.618. The SMILES string of the molecule is COC(=O)c1ccc(C(=O)OC)c(NC(=O)Cc2ccc(-n3cccc3)cc2)c1. The van der Waals surface area contributed by atoms with Crippen LogP contribution in [0.5, 0.6) is 0 Å². The Hall–Kier alpha value is -3.87. The van der Waals surface area contributed by atoms with Gasteiger partial charge in [0.1, 0.15) is 0 Å². The van der Waals surface area contributed by atoms with Crippen LogP contribution in [0.2, 0.25) is 0 Å². The standard InChI is InChI=1S/C22H20N2O5/c1-28-21(26)16-7-10-18(22(27)29-2)19(14-16)23-20(25)13-15-5-8-17(9-6-15)24-11-3-4-12-24/h3-12,14H,13H2,1-2H3,(H,23,25). The van der Waals surface area contributed by atoms with Gasteiger partial charge in [0, 0.05) is 18.1 Å². The number of anilines is 1. The first-order valence-electron chi connectivity index (χ1n) is 8.84. The zero-order valence-electron chi connectivity index (χ0n) is 16.0. The molecule has 0 radical (unpaired) electrons. The Morgan fingerprint density at radius 3 is 2.17 bits per heavy atom. The van der Waals surface area contributed by atoms with Gasteiger partial charge in [-0.25, -0.2) is 9.59 Å². The molecule has 3 rings (SSSR count). The third-order valence-corrected chi connectivity index (χ3v) is 4.32. The van der Waals surface area contributed by atoms with E-state index in [-0.39, 0.29) is 29.1 Å². The maximum absolute atomic E-state index is 12.5. The van der Waals surface area contributed by atoms with Gasteiger partial charge in [-0.1, -0.05) is 12.1 Å². The number of nitrogens with one attached hydrogen (secondary N) is 1. The normalized spacial score (nSPS) is 10.3. The molecule has 3 aromatic rings. The predicted molar refractivity (Wildman–Crippen MR) is 107 cm³/mol. The lowest BCUT2D eigenvalue weighted by atomic mass is 10.1. The Morgan fingerprint density at radius 2 is 1.55 bits per heavy atom. The second kappa shape index (κ2) is 8.88. The van der Waals surface area contributed by atoms with Crippen molar-refractivity contribution in [1.82, 2.24) is 4.57 Å². The minimum absolute atomic E-state index is 0.106. The first-order chi connectivity index (χ1) is 14.0. The molecule has 1 amide bonds. The summed E-state index contributed by atoms with van der Waals surface area (Å²) in [5.41, 5.74) is 2.34. The predicted octanol–water partition coefficient (Wildman–Crippen LogP) is 3.23. The number of aromatic nitrogens is 1. The molecule has 7 heteroatoms. The molecule has 0 aliphatic rings. The molecule has 0 spiro atoms. The van der Waals surface area contributed by atoms with E-state index in [0.717, 1.165) is 11.3 Å². The summed E-state index contributed by atoms with van der Waals surface area (Å²) in [6.07, 6.45) is 3.98. The molecule has 0 atom stereocenters. The number of ether oxygens (including phenoxy) is 2. The molecule has 1 aromatic heterocycles. The quantitative estimate of drug-likeness (QED) is 0.651. The van der Waals surface area contributed by atoms with Crippen molar-refractivity contribution in [3.05, 3.63) is 83.7 Å². The number of amides is 1. The Morgan fingerprint density at radius 1 is 0.897 bits per heavy atom. The molecule has 29 heavy (non-hydrogen) atoms. The van der Waals surface area contributed by atoms with Crippen LogP contribution in [-0.4, -0.2) is 36.6 Å². The Balaban J connectivity index is 1.76. The molecule has 0 bridgehead atoms. The van der Waals surface area contributed by atoms with E-state index in [1.165, 1.54) is 32.4 Å². The lowest BCUT2D eigenvalue weighted by molar-refractivity contribution is -0.115. The third kappa shape index (κ3) is 4.70. The van der Waals surface area contributed by atoms with Crippen LogP contribution in [0.4, 0.5) is 5.69 Å². The largest absolute Gasteiger partial charge is 0.465 e. The maximum atomic E-state index is 12.5. The fourth-order valence-electron chi connectivity index (χ4n) is 2.85. The Bertz CT molecular complexity index is 1020. The van der Waals surface area contributed by atoms with Crippen molar-refractivity contribution in [2.75, 3.05) is 19.5 Å². The molecule has 1 heterocycles. The number of methoxy groups -OCH3 is 2. The van der Waals surface area contributed by atoms with E-state index >= 15 is 0 Å². The fraction of sp³-hybridized carbons (Fsp3) is 0.136. The zero-order valence-corrected chi connectivity index (χ0v) is 16.0. The van der Waals surface area contributed by atoms with Gasteiger partial charge in [-0.2, -0.15) is 0 Å². The summed E-state index contributed by atoms with van der Waals surface area (Å²) in [6, 6.07) is 15.7. The lowest BCUT2D eigenvalue weighted by Gasteiger charge is -2.12. The van der Waals surface area contributed by atoms with E-state index in [4.69, 9.17) is 9.47 Å². The van der Waals surface area contributed by atoms with Crippen LogP contribution in [0.1, 0.15) is 26.3 Å². The number of carbonyl (C=O) groups is 3. The highest BCUT2D eigenvalue weighted by Gasteiger charge is 2.17.